The maximum atomic E-state index is 12.2. The Morgan fingerprint density at radius 1 is 1.40 bits per heavy atom. The van der Waals surface area contributed by atoms with Crippen molar-refractivity contribution in [3.8, 4) is 5.88 Å². The molecule has 0 aliphatic carbocycles. The van der Waals surface area contributed by atoms with Gasteiger partial charge in [0.15, 0.2) is 11.2 Å². The largest absolute Gasteiger partial charge is 0.385 e. The van der Waals surface area contributed by atoms with Crippen molar-refractivity contribution in [2.24, 2.45) is 0 Å². The number of anilines is 1. The van der Waals surface area contributed by atoms with E-state index in [0.717, 1.165) is 0 Å². The van der Waals surface area contributed by atoms with Crippen LogP contribution in [0.1, 0.15) is 22.8 Å². The van der Waals surface area contributed by atoms with Gasteiger partial charge in [-0.25, -0.2) is 0 Å². The molecule has 7 nitrogen and oxygen atoms in total. The minimum Gasteiger partial charge on any atom is -0.385 e. The molecule has 3 N–H and O–H groups in total. The average Bonchev–Trinajstić information content (AvgIpc) is 2.86. The van der Waals surface area contributed by atoms with E-state index in [-0.39, 0.29) is 18.0 Å². The van der Waals surface area contributed by atoms with Crippen LogP contribution in [0.15, 0.2) is 29.2 Å². The Kier molecular flexibility index (Phi) is 4.51. The molecular weight excluding hydrogens is 369 g/mol. The van der Waals surface area contributed by atoms with Crippen molar-refractivity contribution in [2.45, 2.75) is 19.7 Å². The second kappa shape index (κ2) is 6.34. The lowest BCUT2D eigenvalue weighted by Gasteiger charge is -2.24. The average molecular weight is 384 g/mol. The van der Waals surface area contributed by atoms with Crippen LogP contribution in [0.25, 0.3) is 0 Å². The van der Waals surface area contributed by atoms with Gasteiger partial charge in [-0.15, -0.1) is 5.48 Å². The van der Waals surface area contributed by atoms with E-state index < -0.39 is 17.1 Å². The van der Waals surface area contributed by atoms with Crippen LogP contribution < -0.4 is 21.1 Å². The molecule has 3 rings (SSSR count). The molecule has 0 spiro atoms. The number of rotatable bonds is 4. The summed E-state index contributed by atoms with van der Waals surface area (Å²) in [5.41, 5.74) is 2.85. The van der Waals surface area contributed by atoms with Crippen molar-refractivity contribution in [3.63, 3.8) is 0 Å². The van der Waals surface area contributed by atoms with Crippen molar-refractivity contribution in [1.82, 2.24) is 10.0 Å². The van der Waals surface area contributed by atoms with E-state index in [2.05, 4.69) is 10.8 Å². The Bertz CT molecular complexity index is 928. The highest BCUT2D eigenvalue weighted by Crippen LogP contribution is 2.30. The monoisotopic (exact) mass is 383 g/mol. The first-order valence-corrected chi connectivity index (χ1v) is 8.11. The molecule has 1 aliphatic rings. The molecule has 0 amide bonds. The summed E-state index contributed by atoms with van der Waals surface area (Å²) in [6.07, 6.45) is 1.43. The number of Topliss-reactive ketones (excluding diaryl/α,β-unsaturated/α-hetero) is 1. The van der Waals surface area contributed by atoms with Gasteiger partial charge in [0.05, 0.1) is 16.6 Å². The highest BCUT2D eigenvalue weighted by molar-refractivity contribution is 6.42. The molecular formula is C16H15Cl2N3O4. The van der Waals surface area contributed by atoms with E-state index in [4.69, 9.17) is 28.0 Å². The molecule has 0 saturated carbocycles. The summed E-state index contributed by atoms with van der Waals surface area (Å²) in [6.45, 7) is 2.80. The molecule has 2 heterocycles. The third kappa shape index (κ3) is 3.11. The highest BCUT2D eigenvalue weighted by atomic mass is 35.5. The number of ketones is 1. The van der Waals surface area contributed by atoms with Crippen LogP contribution in [0.5, 0.6) is 5.88 Å². The maximum absolute atomic E-state index is 12.2. The number of halogens is 2. The Labute approximate surface area is 153 Å². The van der Waals surface area contributed by atoms with Gasteiger partial charge in [0.25, 0.3) is 5.85 Å². The summed E-state index contributed by atoms with van der Waals surface area (Å²) >= 11 is 11.8. The Hall–Kier alpha value is -2.06. The zero-order chi connectivity index (χ0) is 18.4. The molecule has 0 bridgehead atoms. The Morgan fingerprint density at radius 2 is 2.12 bits per heavy atom. The fraction of sp³-hybridized carbons (Fsp3) is 0.250. The van der Waals surface area contributed by atoms with Gasteiger partial charge in [-0.05, 0) is 32.0 Å². The number of hydroxylamine groups is 1. The lowest BCUT2D eigenvalue weighted by atomic mass is 10.1. The fourth-order valence-electron chi connectivity index (χ4n) is 2.54. The molecule has 0 radical (unpaired) electrons. The van der Waals surface area contributed by atoms with Crippen molar-refractivity contribution in [2.75, 3.05) is 11.9 Å². The molecule has 2 aromatic rings. The number of benzene rings is 1. The SMILES string of the molecule is CC(=O)c1c2n(cc(C)c1=O)C(O)(CNc1ccc(Cl)c(Cl)c1)NO2. The first-order valence-electron chi connectivity index (χ1n) is 7.36. The van der Waals surface area contributed by atoms with E-state index in [0.29, 0.717) is 21.3 Å². The number of hydrogen-bond acceptors (Lipinski definition) is 6. The van der Waals surface area contributed by atoms with Gasteiger partial charge in [0.1, 0.15) is 5.56 Å². The van der Waals surface area contributed by atoms with Crippen LogP contribution in [-0.4, -0.2) is 22.0 Å². The van der Waals surface area contributed by atoms with E-state index in [1.165, 1.54) is 17.7 Å². The number of fused-ring (bicyclic) bond motifs is 1. The minimum atomic E-state index is -1.70. The van der Waals surface area contributed by atoms with Crippen LogP contribution in [-0.2, 0) is 5.85 Å². The van der Waals surface area contributed by atoms with Crippen molar-refractivity contribution >= 4 is 34.7 Å². The van der Waals surface area contributed by atoms with Gasteiger partial charge in [0, 0.05) is 17.4 Å². The summed E-state index contributed by atoms with van der Waals surface area (Å²) < 4.78 is 1.31. The van der Waals surface area contributed by atoms with E-state index >= 15 is 0 Å². The van der Waals surface area contributed by atoms with Crippen LogP contribution in [0, 0.1) is 6.92 Å². The number of aryl methyl sites for hydroxylation is 1. The molecule has 1 unspecified atom stereocenters. The molecule has 1 aromatic carbocycles. The summed E-state index contributed by atoms with van der Waals surface area (Å²) in [7, 11) is 0. The molecule has 0 fully saturated rings. The number of carbonyl (C=O) groups excluding carboxylic acids is 1. The quantitative estimate of drug-likeness (QED) is 0.701. The molecule has 25 heavy (non-hydrogen) atoms. The number of pyridine rings is 1. The molecule has 1 aromatic heterocycles. The van der Waals surface area contributed by atoms with Crippen LogP contribution in [0.3, 0.4) is 0 Å². The Morgan fingerprint density at radius 3 is 2.76 bits per heavy atom. The normalized spacial score (nSPS) is 18.6. The molecule has 0 saturated heterocycles. The molecule has 132 valence electrons. The van der Waals surface area contributed by atoms with Gasteiger partial charge in [-0.3, -0.25) is 14.2 Å². The lowest BCUT2D eigenvalue weighted by Crippen LogP contribution is -2.48. The maximum Gasteiger partial charge on any atom is 0.250 e. The first-order chi connectivity index (χ1) is 11.7. The van der Waals surface area contributed by atoms with Crippen LogP contribution in [0.2, 0.25) is 10.0 Å². The number of aromatic nitrogens is 1. The third-order valence-corrected chi connectivity index (χ3v) is 4.60. The van der Waals surface area contributed by atoms with Crippen molar-refractivity contribution < 1.29 is 14.7 Å². The zero-order valence-corrected chi connectivity index (χ0v) is 14.9. The van der Waals surface area contributed by atoms with Crippen molar-refractivity contribution in [3.05, 3.63) is 55.8 Å². The van der Waals surface area contributed by atoms with Crippen molar-refractivity contribution in [1.29, 1.82) is 0 Å². The minimum absolute atomic E-state index is 0.0264. The van der Waals surface area contributed by atoms with Gasteiger partial charge >= 0.3 is 0 Å². The van der Waals surface area contributed by atoms with Crippen LogP contribution >= 0.6 is 23.2 Å². The first kappa shape index (κ1) is 17.8. The van der Waals surface area contributed by atoms with Gasteiger partial charge < -0.3 is 15.3 Å². The van der Waals surface area contributed by atoms with E-state index in [1.54, 1.807) is 25.1 Å². The van der Waals surface area contributed by atoms with E-state index in [9.17, 15) is 14.7 Å². The van der Waals surface area contributed by atoms with Gasteiger partial charge in [-0.1, -0.05) is 23.2 Å². The number of nitrogens with one attached hydrogen (secondary N) is 2. The summed E-state index contributed by atoms with van der Waals surface area (Å²) in [4.78, 5) is 29.2. The Balaban J connectivity index is 1.94. The van der Waals surface area contributed by atoms with Gasteiger partial charge in [0.2, 0.25) is 5.88 Å². The summed E-state index contributed by atoms with van der Waals surface area (Å²) in [5.74, 6) is -2.17. The number of carbonyl (C=O) groups is 1. The molecule has 9 heteroatoms. The lowest BCUT2D eigenvalue weighted by molar-refractivity contribution is -0.0877. The second-order valence-electron chi connectivity index (χ2n) is 5.75. The fourth-order valence-corrected chi connectivity index (χ4v) is 2.84. The smallest absolute Gasteiger partial charge is 0.250 e. The number of aliphatic hydroxyl groups is 1. The third-order valence-electron chi connectivity index (χ3n) is 3.86. The predicted molar refractivity (Wildman–Crippen MR) is 94.4 cm³/mol. The topological polar surface area (TPSA) is 92.6 Å². The van der Waals surface area contributed by atoms with E-state index in [1.807, 2.05) is 0 Å². The molecule has 1 aliphatic heterocycles. The zero-order valence-electron chi connectivity index (χ0n) is 13.4. The van der Waals surface area contributed by atoms with Gasteiger partial charge in [-0.2, -0.15) is 0 Å². The van der Waals surface area contributed by atoms with Crippen LogP contribution in [0.4, 0.5) is 5.69 Å². The second-order valence-corrected chi connectivity index (χ2v) is 6.57. The highest BCUT2D eigenvalue weighted by Gasteiger charge is 2.40. The predicted octanol–water partition coefficient (Wildman–Crippen LogP) is 2.28. The molecule has 1 atom stereocenters. The summed E-state index contributed by atoms with van der Waals surface area (Å²) in [5, 5.41) is 14.6. The number of hydrogen-bond donors (Lipinski definition) is 3. The summed E-state index contributed by atoms with van der Waals surface area (Å²) in [6, 6.07) is 4.94. The standard InChI is InChI=1S/C16H15Cl2N3O4/c1-8-6-21-15(13(9(2)22)14(8)23)25-20-16(21,24)7-19-10-3-4-11(17)12(18)5-10/h3-6,19-20,24H,7H2,1-2H3. The number of nitrogens with zero attached hydrogens (tertiary/aromatic N) is 1.